The van der Waals surface area contributed by atoms with Crippen molar-refractivity contribution in [1.29, 1.82) is 0 Å². The van der Waals surface area contributed by atoms with Gasteiger partial charge in [0.1, 0.15) is 5.41 Å². The van der Waals surface area contributed by atoms with Gasteiger partial charge in [0.05, 0.1) is 18.9 Å². The minimum Gasteiger partial charge on any atom is -0.481 e. The molecule has 122 valence electrons. The number of aromatic nitrogens is 2. The Morgan fingerprint density at radius 2 is 2.43 bits per heavy atom. The number of aryl methyl sites for hydroxylation is 1. The SMILES string of the molecule is Cc1cn2c(=O)cc(CN3C[C@@H]4COC[C@]4(C(=O)O)C3)nc2s1. The number of hydrogen-bond donors (Lipinski definition) is 1. The Morgan fingerprint density at radius 1 is 1.61 bits per heavy atom. The summed E-state index contributed by atoms with van der Waals surface area (Å²) in [6.45, 7) is 4.30. The van der Waals surface area contributed by atoms with Crippen molar-refractivity contribution in [3.63, 3.8) is 0 Å². The van der Waals surface area contributed by atoms with E-state index in [-0.39, 0.29) is 18.1 Å². The Bertz CT molecular complexity index is 845. The number of hydrogen-bond acceptors (Lipinski definition) is 6. The average Bonchev–Trinajstić information content (AvgIpc) is 3.10. The van der Waals surface area contributed by atoms with Gasteiger partial charge in [-0.1, -0.05) is 0 Å². The summed E-state index contributed by atoms with van der Waals surface area (Å²) >= 11 is 1.48. The lowest BCUT2D eigenvalue weighted by Gasteiger charge is -2.21. The second-order valence-corrected chi connectivity index (χ2v) is 7.64. The van der Waals surface area contributed by atoms with Crippen molar-refractivity contribution >= 4 is 22.3 Å². The van der Waals surface area contributed by atoms with Gasteiger partial charge in [-0.05, 0) is 6.92 Å². The first kappa shape index (κ1) is 14.8. The molecule has 4 heterocycles. The second kappa shape index (κ2) is 5.12. The molecule has 2 aromatic rings. The summed E-state index contributed by atoms with van der Waals surface area (Å²) in [6.07, 6.45) is 1.79. The standard InChI is InChI=1S/C15H17N3O4S/c1-9-3-18-12(19)2-11(16-14(18)23-9)5-17-4-10-6-22-8-15(10,7-17)13(20)21/h2-3,10H,4-8H2,1H3,(H,20,21)/t10-,15-/m1/s1. The largest absolute Gasteiger partial charge is 0.481 e. The topological polar surface area (TPSA) is 84.1 Å². The zero-order valence-corrected chi connectivity index (χ0v) is 13.5. The van der Waals surface area contributed by atoms with Crippen molar-refractivity contribution in [1.82, 2.24) is 14.3 Å². The molecule has 4 rings (SSSR count). The Labute approximate surface area is 136 Å². The molecular weight excluding hydrogens is 318 g/mol. The zero-order chi connectivity index (χ0) is 16.2. The molecular formula is C15H17N3O4S. The van der Waals surface area contributed by atoms with E-state index in [1.807, 2.05) is 6.92 Å². The third-order valence-electron chi connectivity index (χ3n) is 4.79. The Morgan fingerprint density at radius 3 is 3.17 bits per heavy atom. The van der Waals surface area contributed by atoms with Crippen molar-refractivity contribution in [2.24, 2.45) is 11.3 Å². The summed E-state index contributed by atoms with van der Waals surface area (Å²) in [6, 6.07) is 1.54. The molecule has 8 heteroatoms. The fraction of sp³-hybridized carbons (Fsp3) is 0.533. The van der Waals surface area contributed by atoms with E-state index in [2.05, 4.69) is 9.88 Å². The lowest BCUT2D eigenvalue weighted by atomic mass is 9.81. The first-order valence-electron chi connectivity index (χ1n) is 7.50. The molecule has 2 aliphatic heterocycles. The Kier molecular flexibility index (Phi) is 3.29. The summed E-state index contributed by atoms with van der Waals surface area (Å²) < 4.78 is 6.93. The van der Waals surface area contributed by atoms with Gasteiger partial charge < -0.3 is 9.84 Å². The van der Waals surface area contributed by atoms with E-state index in [4.69, 9.17) is 4.74 Å². The van der Waals surface area contributed by atoms with E-state index in [1.165, 1.54) is 17.4 Å². The third kappa shape index (κ3) is 2.29. The average molecular weight is 335 g/mol. The summed E-state index contributed by atoms with van der Waals surface area (Å²) in [5.74, 6) is -0.784. The lowest BCUT2D eigenvalue weighted by molar-refractivity contribution is -0.149. The van der Waals surface area contributed by atoms with Gasteiger partial charge in [0.15, 0.2) is 4.96 Å². The predicted molar refractivity (Wildman–Crippen MR) is 83.7 cm³/mol. The van der Waals surface area contributed by atoms with Gasteiger partial charge in [-0.15, -0.1) is 11.3 Å². The molecule has 0 aliphatic carbocycles. The summed E-state index contributed by atoms with van der Waals surface area (Å²) in [7, 11) is 0. The summed E-state index contributed by atoms with van der Waals surface area (Å²) in [5.41, 5.74) is -0.207. The van der Waals surface area contributed by atoms with Crippen LogP contribution in [0.4, 0.5) is 0 Å². The molecule has 2 fully saturated rings. The Balaban J connectivity index is 1.60. The number of ether oxygens (including phenoxy) is 1. The number of carbonyl (C=O) groups is 1. The van der Waals surface area contributed by atoms with Crippen LogP contribution in [0.3, 0.4) is 0 Å². The number of thiazole rings is 1. The molecule has 0 amide bonds. The number of likely N-dealkylation sites (tertiary alicyclic amines) is 1. The molecule has 0 aromatic carbocycles. The highest BCUT2D eigenvalue weighted by molar-refractivity contribution is 7.16. The number of nitrogens with zero attached hydrogens (tertiary/aromatic N) is 3. The van der Waals surface area contributed by atoms with Crippen LogP contribution in [0.5, 0.6) is 0 Å². The van der Waals surface area contributed by atoms with Crippen molar-refractivity contribution < 1.29 is 14.6 Å². The van der Waals surface area contributed by atoms with Crippen LogP contribution in [0.2, 0.25) is 0 Å². The number of fused-ring (bicyclic) bond motifs is 2. The van der Waals surface area contributed by atoms with E-state index in [0.29, 0.717) is 36.9 Å². The van der Waals surface area contributed by atoms with Crippen molar-refractivity contribution in [3.8, 4) is 0 Å². The van der Waals surface area contributed by atoms with Crippen LogP contribution in [0.25, 0.3) is 4.96 Å². The maximum Gasteiger partial charge on any atom is 0.313 e. The zero-order valence-electron chi connectivity index (χ0n) is 12.7. The predicted octanol–water partition coefficient (Wildman–Crippen LogP) is 0.597. The van der Waals surface area contributed by atoms with Crippen LogP contribution in [-0.2, 0) is 16.1 Å². The van der Waals surface area contributed by atoms with E-state index in [9.17, 15) is 14.7 Å². The molecule has 2 saturated heterocycles. The fourth-order valence-corrected chi connectivity index (χ4v) is 4.48. The molecule has 7 nitrogen and oxygen atoms in total. The minimum atomic E-state index is -0.807. The van der Waals surface area contributed by atoms with Crippen LogP contribution < -0.4 is 5.56 Å². The van der Waals surface area contributed by atoms with Gasteiger partial charge in [-0.2, -0.15) is 0 Å². The van der Waals surface area contributed by atoms with Gasteiger partial charge >= 0.3 is 5.97 Å². The number of rotatable bonds is 3. The van der Waals surface area contributed by atoms with Gasteiger partial charge in [0.2, 0.25) is 0 Å². The molecule has 2 aliphatic rings. The van der Waals surface area contributed by atoms with E-state index in [1.54, 1.807) is 10.6 Å². The number of aliphatic carboxylic acids is 1. The summed E-state index contributed by atoms with van der Waals surface area (Å²) in [4.78, 5) is 32.1. The molecule has 0 radical (unpaired) electrons. The second-order valence-electron chi connectivity index (χ2n) is 6.42. The van der Waals surface area contributed by atoms with Crippen LogP contribution in [0.15, 0.2) is 17.1 Å². The maximum atomic E-state index is 12.2. The molecule has 2 atom stereocenters. The smallest absolute Gasteiger partial charge is 0.313 e. The molecule has 0 saturated carbocycles. The van der Waals surface area contributed by atoms with E-state index >= 15 is 0 Å². The molecule has 1 N–H and O–H groups in total. The molecule has 23 heavy (non-hydrogen) atoms. The van der Waals surface area contributed by atoms with Crippen LogP contribution >= 0.6 is 11.3 Å². The van der Waals surface area contributed by atoms with Gasteiger partial charge in [0.25, 0.3) is 5.56 Å². The monoisotopic (exact) mass is 335 g/mol. The van der Waals surface area contributed by atoms with Crippen molar-refractivity contribution in [2.75, 3.05) is 26.3 Å². The molecule has 2 aromatic heterocycles. The number of carboxylic acid groups (broad SMARTS) is 1. The van der Waals surface area contributed by atoms with Crippen LogP contribution in [0, 0.1) is 18.3 Å². The molecule has 0 unspecified atom stereocenters. The lowest BCUT2D eigenvalue weighted by Crippen LogP contribution is -2.39. The van der Waals surface area contributed by atoms with Crippen molar-refractivity contribution in [3.05, 3.63) is 33.2 Å². The van der Waals surface area contributed by atoms with Crippen molar-refractivity contribution in [2.45, 2.75) is 13.5 Å². The van der Waals surface area contributed by atoms with Gasteiger partial charge in [-0.25, -0.2) is 4.98 Å². The van der Waals surface area contributed by atoms with E-state index < -0.39 is 11.4 Å². The third-order valence-corrected chi connectivity index (χ3v) is 5.69. The highest BCUT2D eigenvalue weighted by Gasteiger charge is 2.56. The molecule has 0 bridgehead atoms. The Hall–Kier alpha value is -1.77. The normalized spacial score (nSPS) is 27.6. The van der Waals surface area contributed by atoms with E-state index in [0.717, 1.165) is 4.88 Å². The maximum absolute atomic E-state index is 12.2. The van der Waals surface area contributed by atoms with Gasteiger partial charge in [-0.3, -0.25) is 18.9 Å². The van der Waals surface area contributed by atoms with Crippen LogP contribution in [0.1, 0.15) is 10.6 Å². The highest BCUT2D eigenvalue weighted by atomic mass is 32.1. The first-order chi connectivity index (χ1) is 11.0. The fourth-order valence-electron chi connectivity index (χ4n) is 3.63. The van der Waals surface area contributed by atoms with Crippen LogP contribution in [-0.4, -0.2) is 51.7 Å². The summed E-state index contributed by atoms with van der Waals surface area (Å²) in [5, 5.41) is 9.57. The minimum absolute atomic E-state index is 0.00816. The first-order valence-corrected chi connectivity index (χ1v) is 8.32. The molecule has 0 spiro atoms. The van der Waals surface area contributed by atoms with Gasteiger partial charge in [0, 0.05) is 42.7 Å². The quantitative estimate of drug-likeness (QED) is 0.884. The highest BCUT2D eigenvalue weighted by Crippen LogP contribution is 2.41. The number of carboxylic acids is 1.